The highest BCUT2D eigenvalue weighted by Crippen LogP contribution is 2.35. The summed E-state index contributed by atoms with van der Waals surface area (Å²) in [7, 11) is 0. The van der Waals surface area contributed by atoms with Gasteiger partial charge in [0.1, 0.15) is 0 Å². The maximum absolute atomic E-state index is 13.0. The van der Waals surface area contributed by atoms with Crippen molar-refractivity contribution in [3.63, 3.8) is 0 Å². The Kier molecular flexibility index (Phi) is 4.15. The molecule has 4 rings (SSSR count). The van der Waals surface area contributed by atoms with Gasteiger partial charge < -0.3 is 4.90 Å². The number of carbonyl (C=O) groups is 1. The fraction of sp³-hybridized carbons (Fsp3) is 0.333. The summed E-state index contributed by atoms with van der Waals surface area (Å²) < 4.78 is 0. The van der Waals surface area contributed by atoms with E-state index in [0.717, 1.165) is 30.0 Å². The van der Waals surface area contributed by atoms with Crippen LogP contribution in [0.25, 0.3) is 5.57 Å². The molecule has 0 radical (unpaired) electrons. The lowest BCUT2D eigenvalue weighted by atomic mass is 9.99. The van der Waals surface area contributed by atoms with Crippen LogP contribution < -0.4 is 14.7 Å². The molecule has 2 aliphatic rings. The zero-order valence-electron chi connectivity index (χ0n) is 15.6. The van der Waals surface area contributed by atoms with Gasteiger partial charge in [-0.15, -0.1) is 0 Å². The summed E-state index contributed by atoms with van der Waals surface area (Å²) in [4.78, 5) is 23.2. The zero-order valence-corrected chi connectivity index (χ0v) is 15.6. The number of anilines is 3. The van der Waals surface area contributed by atoms with Crippen molar-refractivity contribution in [1.29, 1.82) is 0 Å². The van der Waals surface area contributed by atoms with Gasteiger partial charge in [-0.2, -0.15) is 0 Å². The summed E-state index contributed by atoms with van der Waals surface area (Å²) in [6.45, 7) is 9.62. The largest absolute Gasteiger partial charge is 0.368 e. The predicted octanol–water partition coefficient (Wildman–Crippen LogP) is 4.08. The number of allylic oxidation sites excluding steroid dienone is 1. The quantitative estimate of drug-likeness (QED) is 0.839. The molecular formula is C21H24N4O. The van der Waals surface area contributed by atoms with Gasteiger partial charge in [-0.25, -0.2) is 4.79 Å². The van der Waals surface area contributed by atoms with Gasteiger partial charge in [0, 0.05) is 49.3 Å². The molecule has 0 unspecified atom stereocenters. The third kappa shape index (κ3) is 2.64. The SMILES string of the molecule is CCN1CC=C(C)c2cc(N3CCN(c4cnccc4C)C3=O)ccc21. The van der Waals surface area contributed by atoms with E-state index in [4.69, 9.17) is 0 Å². The van der Waals surface area contributed by atoms with E-state index in [0.29, 0.717) is 13.1 Å². The molecule has 2 aliphatic heterocycles. The number of aromatic nitrogens is 1. The van der Waals surface area contributed by atoms with Crippen molar-refractivity contribution in [3.8, 4) is 0 Å². The Morgan fingerprint density at radius 1 is 1.08 bits per heavy atom. The van der Waals surface area contributed by atoms with Crippen LogP contribution in [0.1, 0.15) is 25.0 Å². The molecule has 26 heavy (non-hydrogen) atoms. The van der Waals surface area contributed by atoms with Crippen molar-refractivity contribution >= 4 is 28.7 Å². The zero-order chi connectivity index (χ0) is 18.3. The van der Waals surface area contributed by atoms with E-state index in [1.54, 1.807) is 12.4 Å². The first kappa shape index (κ1) is 16.6. The van der Waals surface area contributed by atoms with Gasteiger partial charge in [-0.1, -0.05) is 6.08 Å². The van der Waals surface area contributed by atoms with Gasteiger partial charge in [-0.05, 0) is 56.2 Å². The van der Waals surface area contributed by atoms with E-state index in [2.05, 4.69) is 48.0 Å². The van der Waals surface area contributed by atoms with Crippen molar-refractivity contribution in [2.45, 2.75) is 20.8 Å². The van der Waals surface area contributed by atoms with Gasteiger partial charge in [0.05, 0.1) is 11.9 Å². The van der Waals surface area contributed by atoms with Gasteiger partial charge in [0.2, 0.25) is 0 Å². The van der Waals surface area contributed by atoms with Crippen LogP contribution in [-0.4, -0.2) is 37.2 Å². The first-order valence-corrected chi connectivity index (χ1v) is 9.16. The number of aryl methyl sites for hydroxylation is 1. The monoisotopic (exact) mass is 348 g/mol. The standard InChI is InChI=1S/C21H24N4O/c1-4-23-10-8-15(2)18-13-17(5-6-19(18)23)24-11-12-25(21(24)26)20-14-22-9-7-16(20)3/h5-9,13-14H,4,10-12H2,1-3H3. The summed E-state index contributed by atoms with van der Waals surface area (Å²) >= 11 is 0. The number of likely N-dealkylation sites (N-methyl/N-ethyl adjacent to an activating group) is 1. The van der Waals surface area contributed by atoms with Crippen LogP contribution >= 0.6 is 0 Å². The molecule has 1 saturated heterocycles. The highest BCUT2D eigenvalue weighted by Gasteiger charge is 2.32. The highest BCUT2D eigenvalue weighted by atomic mass is 16.2. The van der Waals surface area contributed by atoms with Crippen LogP contribution in [0.3, 0.4) is 0 Å². The van der Waals surface area contributed by atoms with Gasteiger partial charge >= 0.3 is 6.03 Å². The third-order valence-corrected chi connectivity index (χ3v) is 5.37. The van der Waals surface area contributed by atoms with E-state index >= 15 is 0 Å². The number of hydrogen-bond acceptors (Lipinski definition) is 3. The first-order chi connectivity index (χ1) is 12.6. The summed E-state index contributed by atoms with van der Waals surface area (Å²) in [5.74, 6) is 0. The molecule has 0 atom stereocenters. The fourth-order valence-electron chi connectivity index (χ4n) is 3.78. The molecule has 0 bridgehead atoms. The number of pyridine rings is 1. The van der Waals surface area contributed by atoms with Crippen LogP contribution in [0.2, 0.25) is 0 Å². The van der Waals surface area contributed by atoms with Crippen molar-refractivity contribution < 1.29 is 4.79 Å². The van der Waals surface area contributed by atoms with Crippen molar-refractivity contribution in [2.24, 2.45) is 0 Å². The number of nitrogens with zero attached hydrogens (tertiary/aromatic N) is 4. The maximum Gasteiger partial charge on any atom is 0.329 e. The molecule has 0 saturated carbocycles. The number of fused-ring (bicyclic) bond motifs is 1. The van der Waals surface area contributed by atoms with Crippen molar-refractivity contribution in [1.82, 2.24) is 4.98 Å². The van der Waals surface area contributed by atoms with Crippen molar-refractivity contribution in [2.75, 3.05) is 40.9 Å². The second-order valence-corrected chi connectivity index (χ2v) is 6.88. The van der Waals surface area contributed by atoms with Crippen LogP contribution in [-0.2, 0) is 0 Å². The molecule has 1 fully saturated rings. The van der Waals surface area contributed by atoms with Gasteiger partial charge in [0.25, 0.3) is 0 Å². The molecule has 2 amide bonds. The van der Waals surface area contributed by atoms with E-state index in [1.165, 1.54) is 16.8 Å². The molecule has 0 spiro atoms. The van der Waals surface area contributed by atoms with E-state index in [-0.39, 0.29) is 6.03 Å². The van der Waals surface area contributed by atoms with Crippen molar-refractivity contribution in [3.05, 3.63) is 53.9 Å². The Hall–Kier alpha value is -2.82. The minimum absolute atomic E-state index is 0.0193. The van der Waals surface area contributed by atoms with Crippen LogP contribution in [0.15, 0.2) is 42.7 Å². The number of hydrogen-bond donors (Lipinski definition) is 0. The molecule has 0 N–H and O–H groups in total. The minimum Gasteiger partial charge on any atom is -0.368 e. The van der Waals surface area contributed by atoms with Crippen LogP contribution in [0.4, 0.5) is 21.9 Å². The summed E-state index contributed by atoms with van der Waals surface area (Å²) in [6, 6.07) is 8.33. The highest BCUT2D eigenvalue weighted by molar-refractivity contribution is 6.06. The second kappa shape index (κ2) is 6.48. The van der Waals surface area contributed by atoms with E-state index in [1.807, 2.05) is 22.8 Å². The minimum atomic E-state index is 0.0193. The lowest BCUT2D eigenvalue weighted by molar-refractivity contribution is 0.256. The molecule has 1 aromatic heterocycles. The average Bonchev–Trinajstić information content (AvgIpc) is 3.04. The Bertz CT molecular complexity index is 889. The average molecular weight is 348 g/mol. The first-order valence-electron chi connectivity index (χ1n) is 9.16. The molecule has 1 aromatic carbocycles. The fourth-order valence-corrected chi connectivity index (χ4v) is 3.78. The van der Waals surface area contributed by atoms with Gasteiger partial charge in [0.15, 0.2) is 0 Å². The molecule has 5 nitrogen and oxygen atoms in total. The Morgan fingerprint density at radius 3 is 2.65 bits per heavy atom. The van der Waals surface area contributed by atoms with Crippen LogP contribution in [0.5, 0.6) is 0 Å². The summed E-state index contributed by atoms with van der Waals surface area (Å²) in [6.07, 6.45) is 5.79. The topological polar surface area (TPSA) is 39.7 Å². The number of rotatable bonds is 3. The second-order valence-electron chi connectivity index (χ2n) is 6.88. The predicted molar refractivity (Wildman–Crippen MR) is 107 cm³/mol. The molecule has 2 aromatic rings. The lowest BCUT2D eigenvalue weighted by Crippen LogP contribution is -2.32. The smallest absolute Gasteiger partial charge is 0.329 e. The maximum atomic E-state index is 13.0. The Balaban J connectivity index is 1.66. The van der Waals surface area contributed by atoms with Gasteiger partial charge in [-0.3, -0.25) is 14.8 Å². The Labute approximate surface area is 154 Å². The summed E-state index contributed by atoms with van der Waals surface area (Å²) in [5.41, 5.74) is 6.67. The number of urea groups is 1. The Morgan fingerprint density at radius 2 is 1.88 bits per heavy atom. The number of carbonyl (C=O) groups excluding carboxylic acids is 1. The van der Waals surface area contributed by atoms with E-state index < -0.39 is 0 Å². The molecule has 0 aliphatic carbocycles. The molecule has 134 valence electrons. The van der Waals surface area contributed by atoms with E-state index in [9.17, 15) is 4.79 Å². The summed E-state index contributed by atoms with van der Waals surface area (Å²) in [5, 5.41) is 0. The molecular weight excluding hydrogens is 324 g/mol. The molecule has 5 heteroatoms. The number of benzene rings is 1. The molecule has 3 heterocycles. The van der Waals surface area contributed by atoms with Crippen LogP contribution in [0, 0.1) is 6.92 Å². The third-order valence-electron chi connectivity index (χ3n) is 5.37. The number of amides is 2. The normalized spacial score (nSPS) is 16.8. The lowest BCUT2D eigenvalue weighted by Gasteiger charge is -2.30.